The van der Waals surface area contributed by atoms with E-state index in [-0.39, 0.29) is 6.04 Å². The van der Waals surface area contributed by atoms with Crippen LogP contribution in [0.2, 0.25) is 0 Å². The highest BCUT2D eigenvalue weighted by molar-refractivity contribution is 9.10. The smallest absolute Gasteiger partial charge is 0.157 e. The van der Waals surface area contributed by atoms with Gasteiger partial charge in [0.2, 0.25) is 0 Å². The number of Topliss-reactive ketones (excluding diaryl/α,β-unsaturated/α-hetero) is 1. The minimum atomic E-state index is 0.0735. The third-order valence-electron chi connectivity index (χ3n) is 4.50. The minimum absolute atomic E-state index is 0.0735. The molecule has 5 nitrogen and oxygen atoms in total. The quantitative estimate of drug-likeness (QED) is 0.815. The maximum Gasteiger partial charge on any atom is 0.157 e. The Labute approximate surface area is 128 Å². The first-order chi connectivity index (χ1) is 9.60. The summed E-state index contributed by atoms with van der Waals surface area (Å²) in [5.41, 5.74) is 2.04. The van der Waals surface area contributed by atoms with Gasteiger partial charge in [0.1, 0.15) is 0 Å². The number of carbonyl (C=O) groups excluding carboxylic acids is 1. The molecule has 3 aliphatic rings. The highest BCUT2D eigenvalue weighted by Gasteiger charge is 2.36. The van der Waals surface area contributed by atoms with Gasteiger partial charge in [-0.3, -0.25) is 19.3 Å². The number of hydrogen-bond donors (Lipinski definition) is 0. The molecule has 1 unspecified atom stereocenters. The molecule has 0 saturated carbocycles. The van der Waals surface area contributed by atoms with Crippen LogP contribution in [0.3, 0.4) is 0 Å². The number of carbonyl (C=O) groups is 1. The van der Waals surface area contributed by atoms with E-state index >= 15 is 0 Å². The van der Waals surface area contributed by atoms with Gasteiger partial charge in [0.15, 0.2) is 5.78 Å². The van der Waals surface area contributed by atoms with E-state index < -0.39 is 0 Å². The van der Waals surface area contributed by atoms with Crippen LogP contribution in [0.15, 0.2) is 4.47 Å². The molecule has 4 heterocycles. The summed E-state index contributed by atoms with van der Waals surface area (Å²) in [4.78, 5) is 17.4. The van der Waals surface area contributed by atoms with E-state index in [9.17, 15) is 4.79 Å². The zero-order chi connectivity index (χ0) is 14.3. The molecule has 0 aliphatic carbocycles. The second-order valence-corrected chi connectivity index (χ2v) is 6.47. The molecule has 3 fully saturated rings. The summed E-state index contributed by atoms with van der Waals surface area (Å²) >= 11 is 3.60. The van der Waals surface area contributed by atoms with Crippen molar-refractivity contribution in [2.75, 3.05) is 32.7 Å². The van der Waals surface area contributed by atoms with E-state index in [2.05, 4.69) is 37.8 Å². The van der Waals surface area contributed by atoms with Crippen LogP contribution in [0.4, 0.5) is 0 Å². The van der Waals surface area contributed by atoms with Gasteiger partial charge in [0.05, 0.1) is 28.3 Å². The predicted molar refractivity (Wildman–Crippen MR) is 80.8 cm³/mol. The van der Waals surface area contributed by atoms with E-state index in [0.29, 0.717) is 12.2 Å². The maximum atomic E-state index is 12.6. The SMILES string of the molecule is CCc1nn(C)c(CC(=O)C2CN3CCN2CC3)c1Br. The van der Waals surface area contributed by atoms with E-state index in [1.54, 1.807) is 0 Å². The number of hydrogen-bond acceptors (Lipinski definition) is 4. The predicted octanol–water partition coefficient (Wildman–Crippen LogP) is 0.856. The van der Waals surface area contributed by atoms with Gasteiger partial charge in [0, 0.05) is 39.8 Å². The number of rotatable bonds is 4. The molecule has 0 radical (unpaired) electrons. The Morgan fingerprint density at radius 1 is 1.35 bits per heavy atom. The van der Waals surface area contributed by atoms with Crippen LogP contribution in [0, 0.1) is 0 Å². The average molecular weight is 341 g/mol. The first kappa shape index (κ1) is 14.2. The maximum absolute atomic E-state index is 12.6. The van der Waals surface area contributed by atoms with Gasteiger partial charge in [-0.15, -0.1) is 0 Å². The van der Waals surface area contributed by atoms with Crippen molar-refractivity contribution >= 4 is 21.7 Å². The number of halogens is 1. The van der Waals surface area contributed by atoms with E-state index in [4.69, 9.17) is 0 Å². The van der Waals surface area contributed by atoms with Crippen molar-refractivity contribution in [3.05, 3.63) is 15.9 Å². The lowest BCUT2D eigenvalue weighted by Gasteiger charge is -2.46. The molecule has 2 bridgehead atoms. The fraction of sp³-hybridized carbons (Fsp3) is 0.714. The number of fused-ring (bicyclic) bond motifs is 3. The molecule has 0 N–H and O–H groups in total. The molecular weight excluding hydrogens is 320 g/mol. The molecule has 3 saturated heterocycles. The van der Waals surface area contributed by atoms with Gasteiger partial charge in [-0.05, 0) is 22.4 Å². The number of aromatic nitrogens is 2. The van der Waals surface area contributed by atoms with Crippen LogP contribution in [0.1, 0.15) is 18.3 Å². The summed E-state index contributed by atoms with van der Waals surface area (Å²) in [5, 5.41) is 4.47. The van der Waals surface area contributed by atoms with Crippen molar-refractivity contribution in [2.45, 2.75) is 25.8 Å². The summed E-state index contributed by atoms with van der Waals surface area (Å²) in [6.07, 6.45) is 1.35. The van der Waals surface area contributed by atoms with Gasteiger partial charge >= 0.3 is 0 Å². The normalized spacial score (nSPS) is 28.9. The fourth-order valence-corrected chi connectivity index (χ4v) is 3.97. The van der Waals surface area contributed by atoms with E-state index in [1.807, 2.05) is 11.7 Å². The van der Waals surface area contributed by atoms with Crippen molar-refractivity contribution < 1.29 is 4.79 Å². The zero-order valence-corrected chi connectivity index (χ0v) is 13.7. The Balaban J connectivity index is 1.75. The summed E-state index contributed by atoms with van der Waals surface area (Å²) in [7, 11) is 1.92. The number of ketones is 1. The Morgan fingerprint density at radius 3 is 2.55 bits per heavy atom. The Morgan fingerprint density at radius 2 is 2.05 bits per heavy atom. The van der Waals surface area contributed by atoms with Crippen molar-refractivity contribution in [1.82, 2.24) is 19.6 Å². The summed E-state index contributed by atoms with van der Waals surface area (Å²) in [6.45, 7) is 7.26. The monoisotopic (exact) mass is 340 g/mol. The van der Waals surface area contributed by atoms with E-state index in [0.717, 1.165) is 55.0 Å². The van der Waals surface area contributed by atoms with Crippen LogP contribution in [0.5, 0.6) is 0 Å². The first-order valence-corrected chi connectivity index (χ1v) is 8.08. The minimum Gasteiger partial charge on any atom is -0.299 e. The Kier molecular flexibility index (Phi) is 3.97. The average Bonchev–Trinajstić information content (AvgIpc) is 2.75. The lowest BCUT2D eigenvalue weighted by Crippen LogP contribution is -2.63. The number of piperazine rings is 3. The second-order valence-electron chi connectivity index (χ2n) is 5.68. The lowest BCUT2D eigenvalue weighted by molar-refractivity contribution is -0.128. The third-order valence-corrected chi connectivity index (χ3v) is 5.41. The lowest BCUT2D eigenvalue weighted by atomic mass is 10.0. The molecule has 20 heavy (non-hydrogen) atoms. The molecule has 1 aromatic rings. The second kappa shape index (κ2) is 5.58. The van der Waals surface area contributed by atoms with Crippen LogP contribution in [-0.4, -0.2) is 64.1 Å². The highest BCUT2D eigenvalue weighted by atomic mass is 79.9. The number of aryl methyl sites for hydroxylation is 2. The van der Waals surface area contributed by atoms with Crippen molar-refractivity contribution in [3.8, 4) is 0 Å². The van der Waals surface area contributed by atoms with Crippen LogP contribution < -0.4 is 0 Å². The molecule has 1 aromatic heterocycles. The fourth-order valence-electron chi connectivity index (χ4n) is 3.22. The topological polar surface area (TPSA) is 41.4 Å². The third kappa shape index (κ3) is 2.44. The molecular formula is C14H21BrN4O. The van der Waals surface area contributed by atoms with E-state index in [1.165, 1.54) is 0 Å². The molecule has 0 amide bonds. The van der Waals surface area contributed by atoms with Crippen LogP contribution in [-0.2, 0) is 24.7 Å². The molecule has 3 aliphatic heterocycles. The van der Waals surface area contributed by atoms with Gasteiger partial charge in [0.25, 0.3) is 0 Å². The summed E-state index contributed by atoms with van der Waals surface area (Å²) in [6, 6.07) is 0.0735. The molecule has 6 heteroatoms. The van der Waals surface area contributed by atoms with Crippen molar-refractivity contribution in [2.24, 2.45) is 7.05 Å². The van der Waals surface area contributed by atoms with Crippen molar-refractivity contribution in [3.63, 3.8) is 0 Å². The largest absolute Gasteiger partial charge is 0.299 e. The van der Waals surface area contributed by atoms with Gasteiger partial charge in [-0.1, -0.05) is 6.92 Å². The molecule has 4 rings (SSSR count). The first-order valence-electron chi connectivity index (χ1n) is 7.29. The number of nitrogens with zero attached hydrogens (tertiary/aromatic N) is 4. The van der Waals surface area contributed by atoms with Gasteiger partial charge in [-0.25, -0.2) is 0 Å². The summed E-state index contributed by atoms with van der Waals surface area (Å²) < 4.78 is 2.85. The molecule has 0 aromatic carbocycles. The Hall–Kier alpha value is -0.720. The van der Waals surface area contributed by atoms with Crippen LogP contribution in [0.25, 0.3) is 0 Å². The zero-order valence-electron chi connectivity index (χ0n) is 12.1. The van der Waals surface area contributed by atoms with Crippen LogP contribution >= 0.6 is 15.9 Å². The van der Waals surface area contributed by atoms with Gasteiger partial charge in [-0.2, -0.15) is 5.10 Å². The highest BCUT2D eigenvalue weighted by Crippen LogP contribution is 2.24. The van der Waals surface area contributed by atoms with Gasteiger partial charge < -0.3 is 0 Å². The Bertz CT molecular complexity index is 519. The summed E-state index contributed by atoms with van der Waals surface area (Å²) in [5.74, 6) is 0.320. The standard InChI is InChI=1S/C14H21BrN4O/c1-3-10-14(15)11(17(2)16-10)8-13(20)12-9-18-4-6-19(12)7-5-18/h12H,3-9H2,1-2H3. The van der Waals surface area contributed by atoms with Crippen molar-refractivity contribution in [1.29, 1.82) is 0 Å². The molecule has 1 atom stereocenters. The molecule has 110 valence electrons. The molecule has 0 spiro atoms.